The van der Waals surface area contributed by atoms with Gasteiger partial charge in [-0.2, -0.15) is 5.26 Å². The molecule has 0 heterocycles. The topological polar surface area (TPSA) is 83.4 Å². The quantitative estimate of drug-likeness (QED) is 0.436. The summed E-state index contributed by atoms with van der Waals surface area (Å²) in [4.78, 5) is 11.9. The highest BCUT2D eigenvalue weighted by Crippen LogP contribution is 2.25. The Morgan fingerprint density at radius 1 is 1.41 bits per heavy atom. The van der Waals surface area contributed by atoms with Gasteiger partial charge in [0.25, 0.3) is 5.91 Å². The summed E-state index contributed by atoms with van der Waals surface area (Å²) >= 11 is 0. The van der Waals surface area contributed by atoms with Gasteiger partial charge in [-0.05, 0) is 31.0 Å². The van der Waals surface area contributed by atoms with E-state index in [2.05, 4.69) is 10.6 Å². The lowest BCUT2D eigenvalue weighted by Crippen LogP contribution is -2.26. The number of hydrogen-bond donors (Lipinski definition) is 2. The second-order valence-corrected chi connectivity index (χ2v) is 4.62. The molecule has 6 nitrogen and oxygen atoms in total. The van der Waals surface area contributed by atoms with Crippen LogP contribution in [-0.4, -0.2) is 33.3 Å². The fraction of sp³-hybridized carbons (Fsp3) is 0.375. The minimum Gasteiger partial charge on any atom is -0.495 e. The Morgan fingerprint density at radius 3 is 2.82 bits per heavy atom. The van der Waals surface area contributed by atoms with Gasteiger partial charge in [0.15, 0.2) is 0 Å². The van der Waals surface area contributed by atoms with E-state index in [-0.39, 0.29) is 5.57 Å². The van der Waals surface area contributed by atoms with E-state index in [1.54, 1.807) is 14.2 Å². The van der Waals surface area contributed by atoms with Crippen molar-refractivity contribution in [3.63, 3.8) is 0 Å². The fourth-order valence-corrected chi connectivity index (χ4v) is 1.75. The fourth-order valence-electron chi connectivity index (χ4n) is 1.75. The summed E-state index contributed by atoms with van der Waals surface area (Å²) in [5.41, 5.74) is 1.74. The third-order valence-electron chi connectivity index (χ3n) is 2.90. The van der Waals surface area contributed by atoms with Crippen molar-refractivity contribution in [2.75, 3.05) is 32.7 Å². The molecule has 0 aliphatic heterocycles. The summed E-state index contributed by atoms with van der Waals surface area (Å²) in [6.45, 7) is 2.96. The number of hydrogen-bond acceptors (Lipinski definition) is 5. The Bertz CT molecular complexity index is 576. The van der Waals surface area contributed by atoms with Gasteiger partial charge in [0.1, 0.15) is 17.4 Å². The highest BCUT2D eigenvalue weighted by molar-refractivity contribution is 5.97. The van der Waals surface area contributed by atoms with Gasteiger partial charge < -0.3 is 20.1 Å². The SMILES string of the molecule is COCCCNC(=O)/C(C#N)=C\Nc1cc(C)ccc1OC. The number of ether oxygens (including phenoxy) is 2. The average Bonchev–Trinajstić information content (AvgIpc) is 2.52. The summed E-state index contributed by atoms with van der Waals surface area (Å²) in [5, 5.41) is 14.7. The third kappa shape index (κ3) is 5.46. The zero-order valence-electron chi connectivity index (χ0n) is 13.1. The molecular weight excluding hydrogens is 282 g/mol. The van der Waals surface area contributed by atoms with Gasteiger partial charge >= 0.3 is 0 Å². The highest BCUT2D eigenvalue weighted by atomic mass is 16.5. The van der Waals surface area contributed by atoms with Crippen molar-refractivity contribution in [2.24, 2.45) is 0 Å². The molecule has 118 valence electrons. The summed E-state index contributed by atoms with van der Waals surface area (Å²) in [5.74, 6) is 0.220. The van der Waals surface area contributed by atoms with Crippen LogP contribution in [0.3, 0.4) is 0 Å². The molecule has 0 unspecified atom stereocenters. The van der Waals surface area contributed by atoms with Crippen LogP contribution in [0.5, 0.6) is 5.75 Å². The highest BCUT2D eigenvalue weighted by Gasteiger charge is 2.09. The predicted molar refractivity (Wildman–Crippen MR) is 84.6 cm³/mol. The van der Waals surface area contributed by atoms with Crippen molar-refractivity contribution in [1.29, 1.82) is 5.26 Å². The predicted octanol–water partition coefficient (Wildman–Crippen LogP) is 1.98. The van der Waals surface area contributed by atoms with Crippen molar-refractivity contribution >= 4 is 11.6 Å². The van der Waals surface area contributed by atoms with Gasteiger partial charge in [0.2, 0.25) is 0 Å². The molecular formula is C16H21N3O3. The number of nitriles is 1. The van der Waals surface area contributed by atoms with Crippen molar-refractivity contribution < 1.29 is 14.3 Å². The molecule has 0 fully saturated rings. The van der Waals surface area contributed by atoms with Crippen LogP contribution in [0, 0.1) is 18.3 Å². The largest absolute Gasteiger partial charge is 0.495 e. The van der Waals surface area contributed by atoms with Gasteiger partial charge in [0.05, 0.1) is 12.8 Å². The first-order valence-electron chi connectivity index (χ1n) is 6.91. The zero-order valence-corrected chi connectivity index (χ0v) is 13.1. The zero-order chi connectivity index (χ0) is 16.4. The number of carbonyl (C=O) groups excluding carboxylic acids is 1. The van der Waals surface area contributed by atoms with Crippen LogP contribution >= 0.6 is 0 Å². The van der Waals surface area contributed by atoms with Crippen LogP contribution in [0.25, 0.3) is 0 Å². The number of anilines is 1. The first-order chi connectivity index (χ1) is 10.6. The first kappa shape index (κ1) is 17.5. The van der Waals surface area contributed by atoms with Crippen LogP contribution in [0.1, 0.15) is 12.0 Å². The second-order valence-electron chi connectivity index (χ2n) is 4.62. The lowest BCUT2D eigenvalue weighted by atomic mass is 10.2. The molecule has 22 heavy (non-hydrogen) atoms. The Balaban J connectivity index is 2.71. The summed E-state index contributed by atoms with van der Waals surface area (Å²) in [6, 6.07) is 7.50. The van der Waals surface area contributed by atoms with Crippen LogP contribution in [0.15, 0.2) is 30.0 Å². The molecule has 0 aromatic heterocycles. The van der Waals surface area contributed by atoms with Gasteiger partial charge in [0, 0.05) is 26.5 Å². The average molecular weight is 303 g/mol. The van der Waals surface area contributed by atoms with E-state index in [0.29, 0.717) is 31.0 Å². The second kappa shape index (κ2) is 9.42. The number of aryl methyl sites for hydroxylation is 1. The molecule has 0 radical (unpaired) electrons. The maximum absolute atomic E-state index is 11.9. The lowest BCUT2D eigenvalue weighted by molar-refractivity contribution is -0.117. The summed E-state index contributed by atoms with van der Waals surface area (Å²) in [7, 11) is 3.16. The van der Waals surface area contributed by atoms with E-state index in [1.807, 2.05) is 31.2 Å². The summed E-state index contributed by atoms with van der Waals surface area (Å²) < 4.78 is 10.1. The lowest BCUT2D eigenvalue weighted by Gasteiger charge is -2.09. The molecule has 1 aromatic rings. The number of nitrogens with one attached hydrogen (secondary N) is 2. The Kier molecular flexibility index (Phi) is 7.51. The molecule has 0 spiro atoms. The molecule has 2 N–H and O–H groups in total. The smallest absolute Gasteiger partial charge is 0.263 e. The number of rotatable bonds is 8. The van der Waals surface area contributed by atoms with Crippen molar-refractivity contribution in [1.82, 2.24) is 5.32 Å². The minimum atomic E-state index is -0.419. The molecule has 1 amide bonds. The number of nitrogens with zero attached hydrogens (tertiary/aromatic N) is 1. The molecule has 0 aliphatic carbocycles. The molecule has 0 bridgehead atoms. The van der Waals surface area contributed by atoms with Crippen molar-refractivity contribution in [2.45, 2.75) is 13.3 Å². The molecule has 1 aromatic carbocycles. The van der Waals surface area contributed by atoms with Gasteiger partial charge in [-0.15, -0.1) is 0 Å². The van der Waals surface area contributed by atoms with Gasteiger partial charge in [-0.1, -0.05) is 6.07 Å². The number of amides is 1. The Hall–Kier alpha value is -2.52. The van der Waals surface area contributed by atoms with Gasteiger partial charge in [-0.25, -0.2) is 0 Å². The number of benzene rings is 1. The Morgan fingerprint density at radius 2 is 2.18 bits per heavy atom. The molecule has 0 aliphatic rings. The summed E-state index contributed by atoms with van der Waals surface area (Å²) in [6.07, 6.45) is 2.07. The maximum atomic E-state index is 11.9. The Labute approximate surface area is 130 Å². The normalized spacial score (nSPS) is 10.7. The maximum Gasteiger partial charge on any atom is 0.263 e. The van der Waals surface area contributed by atoms with Crippen LogP contribution in [0.4, 0.5) is 5.69 Å². The first-order valence-corrected chi connectivity index (χ1v) is 6.91. The monoisotopic (exact) mass is 303 g/mol. The molecule has 0 atom stereocenters. The minimum absolute atomic E-state index is 0.000904. The standard InChI is InChI=1S/C16H21N3O3/c1-12-5-6-15(22-3)14(9-12)19-11-13(10-17)16(20)18-7-4-8-21-2/h5-6,9,11,19H,4,7-8H2,1-3H3,(H,18,20)/b13-11-. The van der Waals surface area contributed by atoms with Crippen LogP contribution in [-0.2, 0) is 9.53 Å². The van der Waals surface area contributed by atoms with Crippen molar-refractivity contribution in [3.05, 3.63) is 35.5 Å². The van der Waals surface area contributed by atoms with Crippen molar-refractivity contribution in [3.8, 4) is 11.8 Å². The number of methoxy groups -OCH3 is 2. The van der Waals surface area contributed by atoms with E-state index in [0.717, 1.165) is 5.56 Å². The molecule has 0 saturated carbocycles. The molecule has 0 saturated heterocycles. The molecule has 6 heteroatoms. The van der Waals surface area contributed by atoms with E-state index in [4.69, 9.17) is 14.7 Å². The van der Waals surface area contributed by atoms with Crippen LogP contribution < -0.4 is 15.4 Å². The van der Waals surface area contributed by atoms with Gasteiger partial charge in [-0.3, -0.25) is 4.79 Å². The van der Waals surface area contributed by atoms with E-state index < -0.39 is 5.91 Å². The van der Waals surface area contributed by atoms with E-state index in [9.17, 15) is 4.79 Å². The van der Waals surface area contributed by atoms with E-state index >= 15 is 0 Å². The number of carbonyl (C=O) groups is 1. The third-order valence-corrected chi connectivity index (χ3v) is 2.90. The van der Waals surface area contributed by atoms with Crippen LogP contribution in [0.2, 0.25) is 0 Å². The molecule has 1 rings (SSSR count). The van der Waals surface area contributed by atoms with E-state index in [1.165, 1.54) is 6.20 Å².